The smallest absolute Gasteiger partial charge is 0.410 e. The van der Waals surface area contributed by atoms with Crippen LogP contribution in [0.15, 0.2) is 0 Å². The molecular weight excluding hydrogens is 220 g/mol. The Morgan fingerprint density at radius 2 is 2.24 bits per heavy atom. The van der Waals surface area contributed by atoms with Crippen molar-refractivity contribution in [3.05, 3.63) is 0 Å². The topological polar surface area (TPSA) is 50.8 Å². The van der Waals surface area contributed by atoms with Gasteiger partial charge in [0.1, 0.15) is 5.60 Å². The van der Waals surface area contributed by atoms with Crippen molar-refractivity contribution in [2.24, 2.45) is 0 Å². The number of rotatable bonds is 1. The minimum Gasteiger partial charge on any atom is -0.444 e. The molecule has 2 rings (SSSR count). The fraction of sp³-hybridized carbons (Fsp3) is 0.917. The molecule has 5 heteroatoms. The van der Waals surface area contributed by atoms with Gasteiger partial charge in [0, 0.05) is 13.1 Å². The van der Waals surface area contributed by atoms with Crippen molar-refractivity contribution in [1.82, 2.24) is 10.2 Å². The zero-order chi connectivity index (χ0) is 12.5. The number of nitrogens with one attached hydrogen (secondary N) is 1. The highest BCUT2D eigenvalue weighted by Gasteiger charge is 2.40. The van der Waals surface area contributed by atoms with Crippen LogP contribution >= 0.6 is 0 Å². The van der Waals surface area contributed by atoms with Crippen molar-refractivity contribution in [3.8, 4) is 0 Å². The average molecular weight is 242 g/mol. The molecule has 2 unspecified atom stereocenters. The second-order valence-electron chi connectivity index (χ2n) is 5.67. The van der Waals surface area contributed by atoms with Crippen LogP contribution in [0.4, 0.5) is 4.79 Å². The first-order valence-corrected chi connectivity index (χ1v) is 6.28. The van der Waals surface area contributed by atoms with Gasteiger partial charge in [-0.1, -0.05) is 0 Å². The van der Waals surface area contributed by atoms with E-state index in [9.17, 15) is 4.79 Å². The van der Waals surface area contributed by atoms with E-state index in [1.165, 1.54) is 0 Å². The highest BCUT2D eigenvalue weighted by atomic mass is 16.6. The van der Waals surface area contributed by atoms with Gasteiger partial charge in [0.2, 0.25) is 0 Å². The van der Waals surface area contributed by atoms with E-state index in [1.54, 1.807) is 4.90 Å². The lowest BCUT2D eigenvalue weighted by atomic mass is 9.95. The SMILES string of the molecule is CC(C)(C)OC(=O)N1CCC1C1COCCN1. The van der Waals surface area contributed by atoms with Crippen LogP contribution in [0.25, 0.3) is 0 Å². The van der Waals surface area contributed by atoms with Gasteiger partial charge >= 0.3 is 6.09 Å². The lowest BCUT2D eigenvalue weighted by Gasteiger charge is -2.46. The summed E-state index contributed by atoms with van der Waals surface area (Å²) in [5.41, 5.74) is -0.423. The molecule has 0 radical (unpaired) electrons. The van der Waals surface area contributed by atoms with E-state index in [1.807, 2.05) is 20.8 Å². The molecule has 5 nitrogen and oxygen atoms in total. The molecule has 1 amide bonds. The Morgan fingerprint density at radius 1 is 1.47 bits per heavy atom. The molecule has 0 spiro atoms. The third kappa shape index (κ3) is 3.10. The van der Waals surface area contributed by atoms with Crippen LogP contribution in [-0.2, 0) is 9.47 Å². The second-order valence-corrected chi connectivity index (χ2v) is 5.67. The largest absolute Gasteiger partial charge is 0.444 e. The Hall–Kier alpha value is -0.810. The van der Waals surface area contributed by atoms with E-state index in [0.717, 1.165) is 26.1 Å². The second kappa shape index (κ2) is 4.82. The summed E-state index contributed by atoms with van der Waals surface area (Å²) in [7, 11) is 0. The molecule has 2 heterocycles. The molecule has 0 saturated carbocycles. The molecule has 0 aromatic carbocycles. The predicted octanol–water partition coefficient (Wildman–Crippen LogP) is 0.984. The third-order valence-electron chi connectivity index (χ3n) is 3.11. The van der Waals surface area contributed by atoms with Gasteiger partial charge in [-0.2, -0.15) is 0 Å². The van der Waals surface area contributed by atoms with Crippen LogP contribution in [0.2, 0.25) is 0 Å². The number of carbonyl (C=O) groups is 1. The van der Waals surface area contributed by atoms with Crippen LogP contribution in [0.3, 0.4) is 0 Å². The predicted molar refractivity (Wildman–Crippen MR) is 64.0 cm³/mol. The summed E-state index contributed by atoms with van der Waals surface area (Å²) in [6.07, 6.45) is 0.821. The van der Waals surface area contributed by atoms with Crippen LogP contribution < -0.4 is 5.32 Å². The average Bonchev–Trinajstić information content (AvgIpc) is 2.14. The van der Waals surface area contributed by atoms with E-state index in [2.05, 4.69) is 5.32 Å². The Bertz CT molecular complexity index is 282. The summed E-state index contributed by atoms with van der Waals surface area (Å²) in [6, 6.07) is 0.482. The number of morpholine rings is 1. The molecule has 2 aliphatic rings. The van der Waals surface area contributed by atoms with Gasteiger partial charge in [-0.3, -0.25) is 0 Å². The molecule has 2 aliphatic heterocycles. The fourth-order valence-electron chi connectivity index (χ4n) is 2.21. The minimum absolute atomic E-state index is 0.207. The zero-order valence-corrected chi connectivity index (χ0v) is 10.9. The van der Waals surface area contributed by atoms with E-state index >= 15 is 0 Å². The van der Waals surface area contributed by atoms with Crippen molar-refractivity contribution in [3.63, 3.8) is 0 Å². The standard InChI is InChI=1S/C12H22N2O3/c1-12(2,3)17-11(15)14-6-4-10(14)9-8-16-7-5-13-9/h9-10,13H,4-8H2,1-3H3. The van der Waals surface area contributed by atoms with Crippen molar-refractivity contribution >= 4 is 6.09 Å². The molecule has 0 aromatic heterocycles. The van der Waals surface area contributed by atoms with Crippen molar-refractivity contribution in [2.75, 3.05) is 26.3 Å². The molecule has 17 heavy (non-hydrogen) atoms. The maximum Gasteiger partial charge on any atom is 0.410 e. The molecule has 2 atom stereocenters. The van der Waals surface area contributed by atoms with Crippen LogP contribution in [0.1, 0.15) is 27.2 Å². The Labute approximate surface area is 102 Å². The zero-order valence-electron chi connectivity index (χ0n) is 10.9. The van der Waals surface area contributed by atoms with E-state index < -0.39 is 5.60 Å². The van der Waals surface area contributed by atoms with Gasteiger partial charge in [-0.15, -0.1) is 0 Å². The molecular formula is C12H22N2O3. The normalized spacial score (nSPS) is 29.7. The van der Waals surface area contributed by atoms with Gasteiger partial charge in [-0.25, -0.2) is 4.79 Å². The lowest BCUT2D eigenvalue weighted by Crippen LogP contribution is -2.63. The molecule has 1 N–H and O–H groups in total. The highest BCUT2D eigenvalue weighted by Crippen LogP contribution is 2.24. The number of carbonyl (C=O) groups excluding carboxylic acids is 1. The van der Waals surface area contributed by atoms with Crippen LogP contribution in [-0.4, -0.2) is 55.0 Å². The maximum atomic E-state index is 11.9. The maximum absolute atomic E-state index is 11.9. The fourth-order valence-corrected chi connectivity index (χ4v) is 2.21. The van der Waals surface area contributed by atoms with Gasteiger partial charge in [-0.05, 0) is 27.2 Å². The molecule has 0 bridgehead atoms. The van der Waals surface area contributed by atoms with Crippen LogP contribution in [0, 0.1) is 0 Å². The van der Waals surface area contributed by atoms with Crippen LogP contribution in [0.5, 0.6) is 0 Å². The summed E-state index contributed by atoms with van der Waals surface area (Å²) in [6.45, 7) is 8.77. The first kappa shape index (κ1) is 12.6. The van der Waals surface area contributed by atoms with Gasteiger partial charge < -0.3 is 19.7 Å². The Balaban J connectivity index is 1.87. The van der Waals surface area contributed by atoms with E-state index in [-0.39, 0.29) is 18.2 Å². The quantitative estimate of drug-likeness (QED) is 0.745. The lowest BCUT2D eigenvalue weighted by molar-refractivity contribution is -0.0311. The molecule has 0 aromatic rings. The summed E-state index contributed by atoms with van der Waals surface area (Å²) >= 11 is 0. The molecule has 2 saturated heterocycles. The monoisotopic (exact) mass is 242 g/mol. The number of ether oxygens (including phenoxy) is 2. The molecule has 98 valence electrons. The summed E-state index contributed by atoms with van der Waals surface area (Å²) in [5.74, 6) is 0. The van der Waals surface area contributed by atoms with Gasteiger partial charge in [0.15, 0.2) is 0 Å². The third-order valence-corrected chi connectivity index (χ3v) is 3.11. The number of amides is 1. The Morgan fingerprint density at radius 3 is 2.71 bits per heavy atom. The number of hydrogen-bond donors (Lipinski definition) is 1. The van der Waals surface area contributed by atoms with Crippen molar-refractivity contribution < 1.29 is 14.3 Å². The number of likely N-dealkylation sites (tertiary alicyclic amines) is 1. The molecule has 2 fully saturated rings. The highest BCUT2D eigenvalue weighted by molar-refractivity contribution is 5.69. The van der Waals surface area contributed by atoms with Gasteiger partial charge in [0.25, 0.3) is 0 Å². The van der Waals surface area contributed by atoms with E-state index in [0.29, 0.717) is 6.61 Å². The number of hydrogen-bond acceptors (Lipinski definition) is 4. The van der Waals surface area contributed by atoms with E-state index in [4.69, 9.17) is 9.47 Å². The first-order chi connectivity index (χ1) is 7.97. The number of nitrogens with zero attached hydrogens (tertiary/aromatic N) is 1. The summed E-state index contributed by atoms with van der Waals surface area (Å²) < 4.78 is 10.8. The minimum atomic E-state index is -0.423. The summed E-state index contributed by atoms with van der Waals surface area (Å²) in [4.78, 5) is 13.7. The Kier molecular flexibility index (Phi) is 3.58. The molecule has 0 aliphatic carbocycles. The van der Waals surface area contributed by atoms with Crippen molar-refractivity contribution in [1.29, 1.82) is 0 Å². The van der Waals surface area contributed by atoms with Gasteiger partial charge in [0.05, 0.1) is 25.3 Å². The first-order valence-electron chi connectivity index (χ1n) is 6.28. The summed E-state index contributed by atoms with van der Waals surface area (Å²) in [5, 5.41) is 3.39. The van der Waals surface area contributed by atoms with Crippen molar-refractivity contribution in [2.45, 2.75) is 44.9 Å².